The van der Waals surface area contributed by atoms with Gasteiger partial charge < -0.3 is 9.47 Å². The smallest absolute Gasteiger partial charge is 0.160 e. The summed E-state index contributed by atoms with van der Waals surface area (Å²) in [5, 5.41) is 5.00. The molecule has 1 aliphatic rings. The third-order valence-corrected chi connectivity index (χ3v) is 12.1. The van der Waals surface area contributed by atoms with Gasteiger partial charge in [-0.1, -0.05) is 134 Å². The number of rotatable bonds is 5. The SMILES string of the molecule is C=C1/C=C\C=C/N(c2cccc(-c3cc(-c4ccccc4)nc(-c4ccccc4)n3)c2)c2ccc3c(sc4ccc(-n5c6ccccc6c6ccccc65)cc43)c21. The van der Waals surface area contributed by atoms with Crippen molar-refractivity contribution < 1.29 is 0 Å². The molecule has 0 atom stereocenters. The lowest BCUT2D eigenvalue weighted by atomic mass is 9.98. The predicted octanol–water partition coefficient (Wildman–Crippen LogP) is 14.2. The minimum absolute atomic E-state index is 0.698. The van der Waals surface area contributed by atoms with E-state index < -0.39 is 0 Å². The number of hydrogen-bond donors (Lipinski definition) is 0. The Morgan fingerprint density at radius 3 is 1.91 bits per heavy atom. The van der Waals surface area contributed by atoms with E-state index in [1.807, 2.05) is 47.7 Å². The number of nitrogens with zero attached hydrogens (tertiary/aromatic N) is 4. The minimum Gasteiger partial charge on any atom is -0.316 e. The molecule has 268 valence electrons. The van der Waals surface area contributed by atoms with Crippen molar-refractivity contribution in [1.29, 1.82) is 0 Å². The van der Waals surface area contributed by atoms with Gasteiger partial charge in [0, 0.05) is 70.8 Å². The van der Waals surface area contributed by atoms with Gasteiger partial charge in [0.15, 0.2) is 5.82 Å². The van der Waals surface area contributed by atoms with Gasteiger partial charge in [-0.15, -0.1) is 11.3 Å². The van der Waals surface area contributed by atoms with Crippen LogP contribution in [0.3, 0.4) is 0 Å². The zero-order chi connectivity index (χ0) is 37.9. The molecule has 0 spiro atoms. The summed E-state index contributed by atoms with van der Waals surface area (Å²) in [6, 6.07) is 60.1. The summed E-state index contributed by atoms with van der Waals surface area (Å²) >= 11 is 1.83. The Hall–Kier alpha value is -7.34. The van der Waals surface area contributed by atoms with E-state index in [0.29, 0.717) is 5.82 Å². The highest BCUT2D eigenvalue weighted by atomic mass is 32.1. The van der Waals surface area contributed by atoms with Crippen molar-refractivity contribution >= 4 is 70.3 Å². The van der Waals surface area contributed by atoms with Crippen molar-refractivity contribution in [3.8, 4) is 39.6 Å². The van der Waals surface area contributed by atoms with Crippen LogP contribution in [0.5, 0.6) is 0 Å². The fourth-order valence-electron chi connectivity index (χ4n) is 8.25. The summed E-state index contributed by atoms with van der Waals surface area (Å²) in [6.07, 6.45) is 8.43. The maximum atomic E-state index is 5.13. The quantitative estimate of drug-likeness (QED) is 0.176. The van der Waals surface area contributed by atoms with Gasteiger partial charge in [-0.2, -0.15) is 0 Å². The Balaban J connectivity index is 1.05. The molecule has 0 saturated heterocycles. The topological polar surface area (TPSA) is 34.0 Å². The Bertz CT molecular complexity index is 3150. The average molecular weight is 747 g/mol. The lowest BCUT2D eigenvalue weighted by Gasteiger charge is -2.26. The Kier molecular flexibility index (Phi) is 7.79. The van der Waals surface area contributed by atoms with Gasteiger partial charge in [-0.25, -0.2) is 9.97 Å². The van der Waals surface area contributed by atoms with Crippen LogP contribution in [-0.2, 0) is 0 Å². The number of allylic oxidation sites excluding steroid dienone is 4. The minimum atomic E-state index is 0.698. The molecule has 10 aromatic rings. The maximum absolute atomic E-state index is 5.13. The van der Waals surface area contributed by atoms with Gasteiger partial charge in [-0.3, -0.25) is 0 Å². The summed E-state index contributed by atoms with van der Waals surface area (Å²) in [5.41, 5.74) is 12.6. The van der Waals surface area contributed by atoms with Crippen molar-refractivity contribution in [2.45, 2.75) is 0 Å². The molecule has 0 unspecified atom stereocenters. The Labute approximate surface area is 334 Å². The van der Waals surface area contributed by atoms with Gasteiger partial charge >= 0.3 is 0 Å². The summed E-state index contributed by atoms with van der Waals surface area (Å²) < 4.78 is 4.87. The largest absolute Gasteiger partial charge is 0.316 e. The second-order valence-electron chi connectivity index (χ2n) is 14.3. The molecule has 4 heterocycles. The van der Waals surface area contributed by atoms with Crippen LogP contribution in [0.15, 0.2) is 201 Å². The van der Waals surface area contributed by atoms with Gasteiger partial charge in [0.25, 0.3) is 0 Å². The van der Waals surface area contributed by atoms with E-state index in [0.717, 1.165) is 56.3 Å². The molecule has 0 aliphatic carbocycles. The predicted molar refractivity (Wildman–Crippen MR) is 241 cm³/mol. The summed E-state index contributed by atoms with van der Waals surface area (Å²) in [6.45, 7) is 4.61. The molecule has 4 nitrogen and oxygen atoms in total. The van der Waals surface area contributed by atoms with Crippen molar-refractivity contribution in [2.75, 3.05) is 4.90 Å². The Morgan fingerprint density at radius 1 is 0.491 bits per heavy atom. The molecular weight excluding hydrogens is 713 g/mol. The monoisotopic (exact) mass is 746 g/mol. The molecule has 5 heteroatoms. The summed E-state index contributed by atoms with van der Waals surface area (Å²) in [5.74, 6) is 0.698. The zero-order valence-electron chi connectivity index (χ0n) is 30.9. The molecular formula is C52H34N4S. The molecule has 57 heavy (non-hydrogen) atoms. The molecule has 0 N–H and O–H groups in total. The van der Waals surface area contributed by atoms with Gasteiger partial charge in [0.05, 0.1) is 28.1 Å². The molecule has 7 aromatic carbocycles. The van der Waals surface area contributed by atoms with Crippen molar-refractivity contribution in [3.05, 3.63) is 206 Å². The number of hydrogen-bond acceptors (Lipinski definition) is 4. The van der Waals surface area contributed by atoms with Crippen LogP contribution in [0.25, 0.3) is 87.1 Å². The number of benzene rings is 7. The first-order valence-electron chi connectivity index (χ1n) is 19.1. The molecule has 0 radical (unpaired) electrons. The fraction of sp³-hybridized carbons (Fsp3) is 0. The van der Waals surface area contributed by atoms with Gasteiger partial charge in [-0.05, 0) is 66.2 Å². The molecule has 3 aromatic heterocycles. The van der Waals surface area contributed by atoms with Gasteiger partial charge in [0.1, 0.15) is 0 Å². The highest BCUT2D eigenvalue weighted by Gasteiger charge is 2.21. The third-order valence-electron chi connectivity index (χ3n) is 10.9. The zero-order valence-corrected chi connectivity index (χ0v) is 31.7. The van der Waals surface area contributed by atoms with E-state index in [1.54, 1.807) is 0 Å². The van der Waals surface area contributed by atoms with E-state index in [1.165, 1.54) is 42.0 Å². The highest BCUT2D eigenvalue weighted by Crippen LogP contribution is 2.46. The Morgan fingerprint density at radius 2 is 1.16 bits per heavy atom. The number of aromatic nitrogens is 3. The fourth-order valence-corrected chi connectivity index (χ4v) is 9.51. The molecule has 0 bridgehead atoms. The number of fused-ring (bicyclic) bond motifs is 8. The van der Waals surface area contributed by atoms with E-state index in [2.05, 4.69) is 174 Å². The maximum Gasteiger partial charge on any atom is 0.160 e. The van der Waals surface area contributed by atoms with Crippen molar-refractivity contribution in [3.63, 3.8) is 0 Å². The summed E-state index contributed by atoms with van der Waals surface area (Å²) in [4.78, 5) is 12.4. The van der Waals surface area contributed by atoms with Crippen LogP contribution in [-0.4, -0.2) is 14.5 Å². The second kappa shape index (κ2) is 13.4. The lowest BCUT2D eigenvalue weighted by Crippen LogP contribution is -2.11. The van der Waals surface area contributed by atoms with Gasteiger partial charge in [0.2, 0.25) is 0 Å². The molecule has 11 rings (SSSR count). The summed E-state index contributed by atoms with van der Waals surface area (Å²) in [7, 11) is 0. The van der Waals surface area contributed by atoms with E-state index in [9.17, 15) is 0 Å². The highest BCUT2D eigenvalue weighted by molar-refractivity contribution is 7.26. The first-order chi connectivity index (χ1) is 28.2. The van der Waals surface area contributed by atoms with E-state index >= 15 is 0 Å². The number of thiophene rings is 1. The molecule has 0 amide bonds. The van der Waals surface area contributed by atoms with Crippen LogP contribution in [0.2, 0.25) is 0 Å². The van der Waals surface area contributed by atoms with Crippen LogP contribution in [0.1, 0.15) is 5.56 Å². The van der Waals surface area contributed by atoms with Crippen LogP contribution < -0.4 is 4.90 Å². The van der Waals surface area contributed by atoms with Crippen LogP contribution >= 0.6 is 11.3 Å². The number of para-hydroxylation sites is 2. The first kappa shape index (κ1) is 33.0. The van der Waals surface area contributed by atoms with E-state index in [-0.39, 0.29) is 0 Å². The molecule has 1 aliphatic heterocycles. The van der Waals surface area contributed by atoms with Crippen molar-refractivity contribution in [1.82, 2.24) is 14.5 Å². The normalized spacial score (nSPS) is 13.9. The van der Waals surface area contributed by atoms with Crippen LogP contribution in [0.4, 0.5) is 11.4 Å². The molecule has 0 fully saturated rings. The molecule has 0 saturated carbocycles. The number of anilines is 2. The average Bonchev–Trinajstić information content (AvgIpc) is 3.81. The first-order valence-corrected chi connectivity index (χ1v) is 19.9. The van der Waals surface area contributed by atoms with E-state index in [4.69, 9.17) is 9.97 Å². The lowest BCUT2D eigenvalue weighted by molar-refractivity contribution is 1.18. The second-order valence-corrected chi connectivity index (χ2v) is 15.4. The third kappa shape index (κ3) is 5.59. The standard InChI is InChI=1S/C52H34N4S/c1-34-15-12-13-30-55(38-21-14-20-37(31-38)45-33-44(35-16-4-2-5-17-35)53-52(54-45)36-18-6-3-7-19-36)48-28-27-42-43-32-39(26-29-49(43)57-51(42)50(34)48)56-46-24-10-8-22-40(46)41-23-9-11-25-47(41)56/h2-33H,1H2/b15-12-,30-13-. The van der Waals surface area contributed by atoms with Crippen molar-refractivity contribution in [2.24, 2.45) is 0 Å². The van der Waals surface area contributed by atoms with Crippen LogP contribution in [0, 0.1) is 0 Å².